The standard InChI is InChI=1S/C22H25N5O3/c1-3-29-21(28)17-13-27(12-15-7-5-4-6-8-15)10-9-22(17)16(11-23)19(24)30-20-18(22)14(2)25-26-20/h4-8,17H,3,9-10,12-13,24H2,1-2H3,(H,25,26)/t17-,22+/m0/s1. The van der Waals surface area contributed by atoms with Crippen LogP contribution in [0.2, 0.25) is 0 Å². The average Bonchev–Trinajstić information content (AvgIpc) is 3.11. The summed E-state index contributed by atoms with van der Waals surface area (Å²) >= 11 is 0. The van der Waals surface area contributed by atoms with Crippen LogP contribution in [-0.4, -0.2) is 40.8 Å². The number of nitrogens with zero attached hydrogens (tertiary/aromatic N) is 3. The van der Waals surface area contributed by atoms with E-state index in [9.17, 15) is 10.1 Å². The number of allylic oxidation sites excluding steroid dienone is 1. The highest BCUT2D eigenvalue weighted by Gasteiger charge is 2.57. The molecule has 8 heteroatoms. The van der Waals surface area contributed by atoms with Crippen molar-refractivity contribution in [1.82, 2.24) is 15.1 Å². The van der Waals surface area contributed by atoms with Crippen LogP contribution in [0.1, 0.15) is 30.2 Å². The lowest BCUT2D eigenvalue weighted by atomic mass is 9.61. The lowest BCUT2D eigenvalue weighted by Crippen LogP contribution is -2.55. The van der Waals surface area contributed by atoms with E-state index in [0.29, 0.717) is 31.9 Å². The zero-order valence-electron chi connectivity index (χ0n) is 17.1. The van der Waals surface area contributed by atoms with E-state index in [2.05, 4.69) is 33.3 Å². The lowest BCUT2D eigenvalue weighted by molar-refractivity contribution is -0.153. The fourth-order valence-corrected chi connectivity index (χ4v) is 4.78. The summed E-state index contributed by atoms with van der Waals surface area (Å²) in [7, 11) is 0. The van der Waals surface area contributed by atoms with Crippen molar-refractivity contribution in [2.24, 2.45) is 11.7 Å². The molecule has 1 aromatic heterocycles. The number of hydrogen-bond acceptors (Lipinski definition) is 7. The highest BCUT2D eigenvalue weighted by molar-refractivity contribution is 5.78. The van der Waals surface area contributed by atoms with Crippen molar-refractivity contribution in [3.63, 3.8) is 0 Å². The maximum absolute atomic E-state index is 13.2. The number of hydrogen-bond donors (Lipinski definition) is 2. The number of aromatic nitrogens is 2. The minimum atomic E-state index is -0.928. The lowest BCUT2D eigenvalue weighted by Gasteiger charge is -2.47. The maximum Gasteiger partial charge on any atom is 0.311 e. The smallest absolute Gasteiger partial charge is 0.311 e. The van der Waals surface area contributed by atoms with Crippen molar-refractivity contribution in [2.45, 2.75) is 32.2 Å². The summed E-state index contributed by atoms with van der Waals surface area (Å²) in [5.41, 5.74) is 8.13. The number of aryl methyl sites for hydroxylation is 1. The van der Waals surface area contributed by atoms with Crippen molar-refractivity contribution in [1.29, 1.82) is 5.26 Å². The Morgan fingerprint density at radius 2 is 2.23 bits per heavy atom. The first-order chi connectivity index (χ1) is 14.5. The Bertz CT molecular complexity index is 1020. The van der Waals surface area contributed by atoms with E-state index in [1.54, 1.807) is 6.92 Å². The molecule has 2 atom stereocenters. The van der Waals surface area contributed by atoms with Gasteiger partial charge in [-0.15, -0.1) is 5.10 Å². The molecule has 0 unspecified atom stereocenters. The Morgan fingerprint density at radius 3 is 2.93 bits per heavy atom. The Balaban J connectivity index is 1.79. The van der Waals surface area contributed by atoms with Crippen LogP contribution in [0.5, 0.6) is 5.88 Å². The summed E-state index contributed by atoms with van der Waals surface area (Å²) in [4.78, 5) is 15.4. The van der Waals surface area contributed by atoms with Gasteiger partial charge in [0.15, 0.2) is 0 Å². The highest BCUT2D eigenvalue weighted by Crippen LogP contribution is 2.52. The zero-order valence-corrected chi connectivity index (χ0v) is 17.1. The molecule has 2 aliphatic rings. The molecule has 0 bridgehead atoms. The summed E-state index contributed by atoms with van der Waals surface area (Å²) in [6.45, 7) is 5.75. The van der Waals surface area contributed by atoms with Gasteiger partial charge in [-0.1, -0.05) is 30.3 Å². The van der Waals surface area contributed by atoms with Gasteiger partial charge >= 0.3 is 5.97 Å². The van der Waals surface area contributed by atoms with E-state index in [1.807, 2.05) is 25.1 Å². The highest BCUT2D eigenvalue weighted by atomic mass is 16.5. The van der Waals surface area contributed by atoms with E-state index in [-0.39, 0.29) is 24.0 Å². The molecular formula is C22H25N5O3. The maximum atomic E-state index is 13.2. The van der Waals surface area contributed by atoms with Gasteiger partial charge in [0.2, 0.25) is 11.8 Å². The van der Waals surface area contributed by atoms with Gasteiger partial charge in [0.25, 0.3) is 0 Å². The van der Waals surface area contributed by atoms with E-state index in [4.69, 9.17) is 15.2 Å². The Labute approximate surface area is 175 Å². The third kappa shape index (κ3) is 3.12. The quantitative estimate of drug-likeness (QED) is 0.746. The van der Waals surface area contributed by atoms with Crippen LogP contribution in [0.3, 0.4) is 0 Å². The van der Waals surface area contributed by atoms with Gasteiger partial charge in [0, 0.05) is 24.3 Å². The molecule has 2 aromatic rings. The largest absolute Gasteiger partial charge is 0.466 e. The number of piperidine rings is 1. The molecular weight excluding hydrogens is 382 g/mol. The SMILES string of the molecule is CCOC(=O)[C@@H]1CN(Cc2ccccc2)CC[C@@]12C(C#N)=C(N)Oc1n[nH]c(C)c12. The second-order valence-corrected chi connectivity index (χ2v) is 7.73. The number of likely N-dealkylation sites (tertiary alicyclic amines) is 1. The van der Waals surface area contributed by atoms with E-state index < -0.39 is 11.3 Å². The van der Waals surface area contributed by atoms with Crippen molar-refractivity contribution in [2.75, 3.05) is 19.7 Å². The van der Waals surface area contributed by atoms with Crippen LogP contribution in [0.15, 0.2) is 41.8 Å². The number of esters is 1. The summed E-state index contributed by atoms with van der Waals surface area (Å²) in [5, 5.41) is 17.1. The van der Waals surface area contributed by atoms with Crippen LogP contribution >= 0.6 is 0 Å². The molecule has 3 N–H and O–H groups in total. The number of H-pyrrole nitrogens is 1. The van der Waals surface area contributed by atoms with E-state index in [1.165, 1.54) is 5.56 Å². The molecule has 3 heterocycles. The number of rotatable bonds is 4. The molecule has 8 nitrogen and oxygen atoms in total. The number of nitrogens with one attached hydrogen (secondary N) is 1. The number of aromatic amines is 1. The number of ether oxygens (including phenoxy) is 2. The number of nitriles is 1. The van der Waals surface area contributed by atoms with Crippen LogP contribution in [0.25, 0.3) is 0 Å². The molecule has 0 amide bonds. The molecule has 1 spiro atoms. The van der Waals surface area contributed by atoms with Crippen molar-refractivity contribution in [3.05, 3.63) is 58.6 Å². The third-order valence-electron chi connectivity index (χ3n) is 6.05. The first-order valence-corrected chi connectivity index (χ1v) is 10.1. The molecule has 0 saturated carbocycles. The van der Waals surface area contributed by atoms with Gasteiger partial charge in [0.05, 0.1) is 17.9 Å². The number of nitrogens with two attached hydrogens (primary N) is 1. The molecule has 0 aliphatic carbocycles. The van der Waals surface area contributed by atoms with Crippen molar-refractivity contribution >= 4 is 5.97 Å². The van der Waals surface area contributed by atoms with Crippen molar-refractivity contribution < 1.29 is 14.3 Å². The molecule has 4 rings (SSSR count). The third-order valence-corrected chi connectivity index (χ3v) is 6.05. The van der Waals surface area contributed by atoms with Gasteiger partial charge in [-0.05, 0) is 32.4 Å². The number of carbonyl (C=O) groups is 1. The Hall–Kier alpha value is -3.31. The normalized spacial score (nSPS) is 23.6. The summed E-state index contributed by atoms with van der Waals surface area (Å²) in [6.07, 6.45) is 0.531. The van der Waals surface area contributed by atoms with Gasteiger partial charge in [0.1, 0.15) is 11.6 Å². The molecule has 1 fully saturated rings. The van der Waals surface area contributed by atoms with E-state index in [0.717, 1.165) is 11.3 Å². The molecule has 0 radical (unpaired) electrons. The minimum absolute atomic E-state index is 0.00214. The fraction of sp³-hybridized carbons (Fsp3) is 0.409. The second-order valence-electron chi connectivity index (χ2n) is 7.73. The molecule has 2 aliphatic heterocycles. The van der Waals surface area contributed by atoms with Crippen LogP contribution in [0, 0.1) is 24.2 Å². The summed E-state index contributed by atoms with van der Waals surface area (Å²) in [6, 6.07) is 12.3. The van der Waals surface area contributed by atoms with Crippen LogP contribution in [-0.2, 0) is 21.5 Å². The summed E-state index contributed by atoms with van der Waals surface area (Å²) in [5.74, 6) is -0.622. The molecule has 156 valence electrons. The van der Waals surface area contributed by atoms with Gasteiger partial charge < -0.3 is 15.2 Å². The molecule has 1 aromatic carbocycles. The predicted molar refractivity (Wildman–Crippen MR) is 109 cm³/mol. The fourth-order valence-electron chi connectivity index (χ4n) is 4.78. The minimum Gasteiger partial charge on any atom is -0.466 e. The summed E-state index contributed by atoms with van der Waals surface area (Å²) < 4.78 is 11.1. The Morgan fingerprint density at radius 1 is 1.47 bits per heavy atom. The van der Waals surface area contributed by atoms with Crippen LogP contribution < -0.4 is 10.5 Å². The van der Waals surface area contributed by atoms with Gasteiger partial charge in [-0.25, -0.2) is 0 Å². The average molecular weight is 407 g/mol. The number of fused-ring (bicyclic) bond motifs is 2. The van der Waals surface area contributed by atoms with Crippen molar-refractivity contribution in [3.8, 4) is 11.9 Å². The second kappa shape index (κ2) is 7.84. The first-order valence-electron chi connectivity index (χ1n) is 10.1. The topological polar surface area (TPSA) is 117 Å². The van der Waals surface area contributed by atoms with Gasteiger partial charge in [-0.2, -0.15) is 5.26 Å². The molecule has 30 heavy (non-hydrogen) atoms. The number of carbonyl (C=O) groups excluding carboxylic acids is 1. The van der Waals surface area contributed by atoms with Gasteiger partial charge in [-0.3, -0.25) is 14.8 Å². The first kappa shape index (κ1) is 20.0. The zero-order chi connectivity index (χ0) is 21.3. The predicted octanol–water partition coefficient (Wildman–Crippen LogP) is 2.13. The van der Waals surface area contributed by atoms with Crippen LogP contribution in [0.4, 0.5) is 0 Å². The van der Waals surface area contributed by atoms with E-state index >= 15 is 0 Å². The monoisotopic (exact) mass is 407 g/mol. The molecule has 1 saturated heterocycles. The number of benzene rings is 1. The Kier molecular flexibility index (Phi) is 5.22.